The Labute approximate surface area is 222 Å². The zero-order chi connectivity index (χ0) is 26.2. The molecule has 3 rings (SSSR count). The minimum absolute atomic E-state index is 0.0927. The van der Waals surface area contributed by atoms with Gasteiger partial charge in [-0.25, -0.2) is 9.78 Å². The number of aliphatic carboxylic acids is 1. The molecule has 0 saturated heterocycles. The number of para-hydroxylation sites is 1. The van der Waals surface area contributed by atoms with Crippen molar-refractivity contribution in [2.24, 2.45) is 0 Å². The number of carbonyl (C=O) groups is 2. The number of nitrogens with zero attached hydrogens (tertiary/aromatic N) is 1. The Balaban J connectivity index is 1.82. The topological polar surface area (TPSA) is 107 Å². The molecule has 0 aliphatic rings. The van der Waals surface area contributed by atoms with E-state index in [-0.39, 0.29) is 26.9 Å². The number of benzene rings is 2. The number of aromatic nitrogens is 1. The average molecular weight is 551 g/mol. The molecule has 1 heterocycles. The molecule has 11 heteroatoms. The molecule has 0 saturated carbocycles. The maximum atomic E-state index is 12.8. The van der Waals surface area contributed by atoms with Crippen LogP contribution in [0.15, 0.2) is 41.5 Å². The number of methoxy groups -OCH3 is 2. The summed E-state index contributed by atoms with van der Waals surface area (Å²) >= 11 is 13.8. The third kappa shape index (κ3) is 6.55. The zero-order valence-corrected chi connectivity index (χ0v) is 22.1. The first kappa shape index (κ1) is 27.5. The number of carboxylic acids is 1. The Morgan fingerprint density at radius 2 is 1.92 bits per heavy atom. The number of hydrogen-bond donors (Lipinski definition) is 2. The Kier molecular flexibility index (Phi) is 9.72. The number of hydrogen-bond acceptors (Lipinski definition) is 7. The van der Waals surface area contributed by atoms with Gasteiger partial charge in [0, 0.05) is 34.2 Å². The fourth-order valence-corrected chi connectivity index (χ4v) is 4.59. The van der Waals surface area contributed by atoms with Crippen LogP contribution >= 0.6 is 34.5 Å². The van der Waals surface area contributed by atoms with E-state index in [1.54, 1.807) is 7.11 Å². The van der Waals surface area contributed by atoms with Crippen LogP contribution in [0.3, 0.4) is 0 Å². The summed E-state index contributed by atoms with van der Waals surface area (Å²) in [6.07, 6.45) is 2.11. The molecule has 0 radical (unpaired) electrons. The predicted molar refractivity (Wildman–Crippen MR) is 141 cm³/mol. The third-order valence-electron chi connectivity index (χ3n) is 4.95. The monoisotopic (exact) mass is 550 g/mol. The van der Waals surface area contributed by atoms with Crippen LogP contribution in [0.2, 0.25) is 10.0 Å². The van der Waals surface area contributed by atoms with E-state index < -0.39 is 11.9 Å². The minimum Gasteiger partial charge on any atom is -0.496 e. The Morgan fingerprint density at radius 1 is 1.19 bits per heavy atom. The largest absolute Gasteiger partial charge is 0.496 e. The van der Waals surface area contributed by atoms with Gasteiger partial charge in [-0.3, -0.25) is 10.1 Å². The molecule has 0 aliphatic heterocycles. The van der Waals surface area contributed by atoms with Crippen molar-refractivity contribution in [1.82, 2.24) is 4.98 Å². The Bertz CT molecular complexity index is 1270. The summed E-state index contributed by atoms with van der Waals surface area (Å²) in [4.78, 5) is 28.6. The van der Waals surface area contributed by atoms with Gasteiger partial charge in [-0.05, 0) is 30.7 Å². The molecule has 0 aliphatic carbocycles. The van der Waals surface area contributed by atoms with Gasteiger partial charge in [0.25, 0.3) is 5.91 Å². The van der Waals surface area contributed by atoms with Gasteiger partial charge in [0.1, 0.15) is 5.75 Å². The Morgan fingerprint density at radius 3 is 2.53 bits per heavy atom. The molecule has 0 spiro atoms. The highest BCUT2D eigenvalue weighted by Gasteiger charge is 2.18. The van der Waals surface area contributed by atoms with Gasteiger partial charge in [0.15, 0.2) is 5.13 Å². The van der Waals surface area contributed by atoms with E-state index in [0.29, 0.717) is 29.8 Å². The maximum Gasteiger partial charge on any atom is 0.371 e. The molecule has 0 bridgehead atoms. The molecule has 1 amide bonds. The number of rotatable bonds is 11. The second kappa shape index (κ2) is 12.7. The van der Waals surface area contributed by atoms with Crippen LogP contribution in [-0.4, -0.2) is 42.8 Å². The van der Waals surface area contributed by atoms with Crippen LogP contribution in [0.25, 0.3) is 17.3 Å². The number of amides is 1. The van der Waals surface area contributed by atoms with Gasteiger partial charge in [-0.15, -0.1) is 11.3 Å². The van der Waals surface area contributed by atoms with E-state index in [4.69, 9.17) is 42.5 Å². The van der Waals surface area contributed by atoms with Crippen LogP contribution in [0, 0.1) is 0 Å². The third-order valence-corrected chi connectivity index (χ3v) is 6.34. The summed E-state index contributed by atoms with van der Waals surface area (Å²) in [5.74, 6) is -1.44. The number of carbonyl (C=O) groups excluding carboxylic acids is 1. The van der Waals surface area contributed by atoms with Crippen molar-refractivity contribution in [3.05, 3.63) is 68.2 Å². The summed E-state index contributed by atoms with van der Waals surface area (Å²) in [7, 11) is 2.81. The van der Waals surface area contributed by atoms with E-state index in [9.17, 15) is 9.59 Å². The first-order chi connectivity index (χ1) is 17.3. The van der Waals surface area contributed by atoms with Crippen LogP contribution < -0.4 is 10.1 Å². The first-order valence-electron chi connectivity index (χ1n) is 10.8. The van der Waals surface area contributed by atoms with Crippen molar-refractivity contribution in [3.8, 4) is 17.0 Å². The van der Waals surface area contributed by atoms with E-state index in [2.05, 4.69) is 10.3 Å². The van der Waals surface area contributed by atoms with Crippen molar-refractivity contribution >= 4 is 57.6 Å². The maximum absolute atomic E-state index is 12.8. The summed E-state index contributed by atoms with van der Waals surface area (Å²) in [5, 5.41) is 14.2. The molecule has 2 aromatic carbocycles. The molecule has 1 aromatic heterocycles. The first-order valence-corrected chi connectivity index (χ1v) is 12.4. The Hall–Kier alpha value is -3.11. The van der Waals surface area contributed by atoms with E-state index in [0.717, 1.165) is 17.5 Å². The normalized spacial score (nSPS) is 11.3. The van der Waals surface area contributed by atoms with Crippen LogP contribution in [0.1, 0.15) is 34.8 Å². The van der Waals surface area contributed by atoms with E-state index in [1.807, 2.05) is 30.5 Å². The molecule has 2 N–H and O–H groups in total. The molecule has 0 atom stereocenters. The van der Waals surface area contributed by atoms with E-state index in [1.165, 1.54) is 36.7 Å². The number of carboxylic acid groups (broad SMARTS) is 1. The predicted octanol–water partition coefficient (Wildman–Crippen LogP) is 6.38. The SMILES string of the molecule is CCCOCc1cccc(-c2csc(NC(=O)c3cc(Cl)c(C=C(OC)C(=O)O)c(Cl)c3)n2)c1OC. The quantitative estimate of drug-likeness (QED) is 0.162. The lowest BCUT2D eigenvalue weighted by Crippen LogP contribution is -2.12. The number of halogens is 2. The molecule has 0 unspecified atom stereocenters. The van der Waals surface area contributed by atoms with Gasteiger partial charge >= 0.3 is 5.97 Å². The molecule has 36 heavy (non-hydrogen) atoms. The fourth-order valence-electron chi connectivity index (χ4n) is 3.28. The highest BCUT2D eigenvalue weighted by Crippen LogP contribution is 2.35. The zero-order valence-electron chi connectivity index (χ0n) is 19.8. The van der Waals surface area contributed by atoms with Gasteiger partial charge in [0.05, 0.1) is 36.6 Å². The lowest BCUT2D eigenvalue weighted by molar-refractivity contribution is -0.135. The molecular weight excluding hydrogens is 527 g/mol. The summed E-state index contributed by atoms with van der Waals surface area (Å²) < 4.78 is 16.1. The number of ether oxygens (including phenoxy) is 3. The standard InChI is InChI=1S/C25H24Cl2N2O6S/c1-4-8-35-12-14-6-5-7-16(22(14)34-3)20-13-36-25(28-20)29-23(30)15-9-18(26)17(19(27)10-15)11-21(33-2)24(31)32/h5-7,9-11,13H,4,8,12H2,1-3H3,(H,31,32)(H,28,29,30). The second-order valence-electron chi connectivity index (χ2n) is 7.41. The van der Waals surface area contributed by atoms with Crippen LogP contribution in [0.4, 0.5) is 5.13 Å². The highest BCUT2D eigenvalue weighted by atomic mass is 35.5. The van der Waals surface area contributed by atoms with Gasteiger partial charge < -0.3 is 19.3 Å². The van der Waals surface area contributed by atoms with Gasteiger partial charge in [-0.2, -0.15) is 0 Å². The van der Waals surface area contributed by atoms with E-state index >= 15 is 0 Å². The fraction of sp³-hybridized carbons (Fsp3) is 0.240. The van der Waals surface area contributed by atoms with Gasteiger partial charge in [-0.1, -0.05) is 42.3 Å². The van der Waals surface area contributed by atoms with Crippen molar-refractivity contribution in [2.75, 3.05) is 26.1 Å². The summed E-state index contributed by atoms with van der Waals surface area (Å²) in [6.45, 7) is 3.12. The second-order valence-corrected chi connectivity index (χ2v) is 9.09. The van der Waals surface area contributed by atoms with Gasteiger partial charge in [0.2, 0.25) is 5.76 Å². The van der Waals surface area contributed by atoms with Crippen molar-refractivity contribution < 1.29 is 28.9 Å². The number of nitrogens with one attached hydrogen (secondary N) is 1. The molecule has 8 nitrogen and oxygen atoms in total. The molecule has 190 valence electrons. The van der Waals surface area contributed by atoms with Crippen LogP contribution in [0.5, 0.6) is 5.75 Å². The lowest BCUT2D eigenvalue weighted by atomic mass is 10.1. The minimum atomic E-state index is -1.28. The molecular formula is C25H24Cl2N2O6S. The number of thiazole rings is 1. The summed E-state index contributed by atoms with van der Waals surface area (Å²) in [5.41, 5.74) is 2.73. The van der Waals surface area contributed by atoms with Crippen molar-refractivity contribution in [3.63, 3.8) is 0 Å². The van der Waals surface area contributed by atoms with Crippen molar-refractivity contribution in [1.29, 1.82) is 0 Å². The highest BCUT2D eigenvalue weighted by molar-refractivity contribution is 7.14. The smallest absolute Gasteiger partial charge is 0.371 e. The van der Waals surface area contributed by atoms with Crippen LogP contribution in [-0.2, 0) is 20.9 Å². The summed E-state index contributed by atoms with van der Waals surface area (Å²) in [6, 6.07) is 8.51. The molecule has 0 fully saturated rings. The lowest BCUT2D eigenvalue weighted by Gasteiger charge is -2.12. The molecule has 3 aromatic rings. The average Bonchev–Trinajstić information content (AvgIpc) is 3.31. The number of anilines is 1. The van der Waals surface area contributed by atoms with Crippen molar-refractivity contribution in [2.45, 2.75) is 20.0 Å².